The number of furan rings is 1. The zero-order chi connectivity index (χ0) is 10.6. The Hall–Kier alpha value is -1.09. The van der Waals surface area contributed by atoms with Crippen LogP contribution in [0.4, 0.5) is 0 Å². The molecule has 1 aromatic rings. The van der Waals surface area contributed by atoms with E-state index in [2.05, 4.69) is 0 Å². The molecule has 0 aliphatic carbocycles. The lowest BCUT2D eigenvalue weighted by atomic mass is 10.3. The topological polar surface area (TPSA) is 33.5 Å². The van der Waals surface area contributed by atoms with Gasteiger partial charge in [0, 0.05) is 6.42 Å². The van der Waals surface area contributed by atoms with Crippen LogP contribution < -0.4 is 0 Å². The van der Waals surface area contributed by atoms with Gasteiger partial charge in [0.1, 0.15) is 17.3 Å². The molecule has 0 aliphatic rings. The van der Waals surface area contributed by atoms with Gasteiger partial charge in [-0.1, -0.05) is 6.92 Å². The summed E-state index contributed by atoms with van der Waals surface area (Å²) in [6, 6.07) is 3.88. The van der Waals surface area contributed by atoms with Crippen LogP contribution in [-0.2, 0) is 11.3 Å². The van der Waals surface area contributed by atoms with E-state index in [1.807, 2.05) is 37.9 Å². The molecule has 0 aliphatic heterocycles. The predicted octanol–water partition coefficient (Wildman–Crippen LogP) is 2.00. The highest BCUT2D eigenvalue weighted by Gasteiger charge is 2.07. The monoisotopic (exact) mass is 195 g/mol. The second kappa shape index (κ2) is 4.96. The smallest absolute Gasteiger partial charge is 0.146 e. The number of carbonyl (C=O) groups is 1. The van der Waals surface area contributed by atoms with E-state index >= 15 is 0 Å². The van der Waals surface area contributed by atoms with Crippen molar-refractivity contribution in [3.05, 3.63) is 23.7 Å². The molecule has 0 N–H and O–H groups in total. The van der Waals surface area contributed by atoms with Gasteiger partial charge in [0.05, 0.1) is 13.1 Å². The Kier molecular flexibility index (Phi) is 3.89. The van der Waals surface area contributed by atoms with Crippen molar-refractivity contribution in [2.24, 2.45) is 0 Å². The minimum absolute atomic E-state index is 0.260. The van der Waals surface area contributed by atoms with Gasteiger partial charge in [-0.05, 0) is 26.1 Å². The number of aryl methyl sites for hydroxylation is 1. The summed E-state index contributed by atoms with van der Waals surface area (Å²) < 4.78 is 5.42. The summed E-state index contributed by atoms with van der Waals surface area (Å²) in [5.41, 5.74) is 0. The van der Waals surface area contributed by atoms with Crippen molar-refractivity contribution in [2.45, 2.75) is 26.8 Å². The zero-order valence-corrected chi connectivity index (χ0v) is 9.04. The minimum atomic E-state index is 0.260. The highest BCUT2D eigenvalue weighted by atomic mass is 16.3. The SMILES string of the molecule is CCC(=O)CN(C)Cc1ccc(C)o1. The number of hydrogen-bond acceptors (Lipinski definition) is 3. The zero-order valence-electron chi connectivity index (χ0n) is 9.04. The summed E-state index contributed by atoms with van der Waals surface area (Å²) in [6.07, 6.45) is 0.599. The largest absolute Gasteiger partial charge is 0.465 e. The molecule has 0 saturated heterocycles. The molecule has 1 heterocycles. The van der Waals surface area contributed by atoms with Gasteiger partial charge in [0.2, 0.25) is 0 Å². The number of Topliss-reactive ketones (excluding diaryl/α,β-unsaturated/α-hetero) is 1. The first-order valence-electron chi connectivity index (χ1n) is 4.87. The molecule has 0 amide bonds. The first-order valence-corrected chi connectivity index (χ1v) is 4.87. The number of likely N-dealkylation sites (N-methyl/N-ethyl adjacent to an activating group) is 1. The molecule has 14 heavy (non-hydrogen) atoms. The maximum atomic E-state index is 11.1. The first-order chi connectivity index (χ1) is 6.61. The van der Waals surface area contributed by atoms with Crippen LogP contribution in [0.1, 0.15) is 24.9 Å². The normalized spacial score (nSPS) is 10.9. The van der Waals surface area contributed by atoms with Crippen molar-refractivity contribution in [3.63, 3.8) is 0 Å². The van der Waals surface area contributed by atoms with E-state index in [4.69, 9.17) is 4.42 Å². The summed E-state index contributed by atoms with van der Waals surface area (Å²) in [6.45, 7) is 4.99. The fraction of sp³-hybridized carbons (Fsp3) is 0.545. The lowest BCUT2D eigenvalue weighted by molar-refractivity contribution is -0.119. The minimum Gasteiger partial charge on any atom is -0.465 e. The fourth-order valence-electron chi connectivity index (χ4n) is 1.30. The van der Waals surface area contributed by atoms with Crippen LogP contribution in [0.5, 0.6) is 0 Å². The van der Waals surface area contributed by atoms with Gasteiger partial charge in [-0.25, -0.2) is 0 Å². The highest BCUT2D eigenvalue weighted by molar-refractivity contribution is 5.80. The summed E-state index contributed by atoms with van der Waals surface area (Å²) >= 11 is 0. The van der Waals surface area contributed by atoms with Gasteiger partial charge in [0.15, 0.2) is 0 Å². The van der Waals surface area contributed by atoms with Crippen LogP contribution in [-0.4, -0.2) is 24.3 Å². The van der Waals surface area contributed by atoms with E-state index in [1.165, 1.54) is 0 Å². The second-order valence-electron chi connectivity index (χ2n) is 3.58. The number of carbonyl (C=O) groups excluding carboxylic acids is 1. The Morgan fingerprint density at radius 2 is 2.21 bits per heavy atom. The van der Waals surface area contributed by atoms with Crippen LogP contribution in [0.15, 0.2) is 16.5 Å². The molecule has 0 atom stereocenters. The molecule has 1 aromatic heterocycles. The average Bonchev–Trinajstić information content (AvgIpc) is 2.50. The molecule has 1 rings (SSSR count). The summed E-state index contributed by atoms with van der Waals surface area (Å²) in [4.78, 5) is 13.1. The molecule has 0 aromatic carbocycles. The molecule has 0 radical (unpaired) electrons. The molecular formula is C11H17NO2. The van der Waals surface area contributed by atoms with Crippen LogP contribution in [0.3, 0.4) is 0 Å². The summed E-state index contributed by atoms with van der Waals surface area (Å²) in [5.74, 6) is 2.08. The van der Waals surface area contributed by atoms with E-state index in [0.717, 1.165) is 11.5 Å². The van der Waals surface area contributed by atoms with Crippen LogP contribution >= 0.6 is 0 Å². The lowest BCUT2D eigenvalue weighted by Gasteiger charge is -2.13. The molecule has 3 heteroatoms. The van der Waals surface area contributed by atoms with Crippen molar-refractivity contribution in [1.82, 2.24) is 4.90 Å². The standard InChI is InChI=1S/C11H17NO2/c1-4-10(13)7-12(3)8-11-6-5-9(2)14-11/h5-6H,4,7-8H2,1-3H3. The van der Waals surface area contributed by atoms with Crippen LogP contribution in [0.25, 0.3) is 0 Å². The predicted molar refractivity (Wildman–Crippen MR) is 55.1 cm³/mol. The van der Waals surface area contributed by atoms with Gasteiger partial charge in [-0.15, -0.1) is 0 Å². The Labute approximate surface area is 84.7 Å². The first kappa shape index (κ1) is 11.0. The van der Waals surface area contributed by atoms with Gasteiger partial charge >= 0.3 is 0 Å². The third-order valence-corrected chi connectivity index (χ3v) is 2.06. The van der Waals surface area contributed by atoms with Gasteiger partial charge < -0.3 is 4.42 Å². The Morgan fingerprint density at radius 1 is 1.50 bits per heavy atom. The van der Waals surface area contributed by atoms with E-state index in [-0.39, 0.29) is 5.78 Å². The number of nitrogens with zero attached hydrogens (tertiary/aromatic N) is 1. The second-order valence-corrected chi connectivity index (χ2v) is 3.58. The highest BCUT2D eigenvalue weighted by Crippen LogP contribution is 2.08. The Morgan fingerprint density at radius 3 is 2.71 bits per heavy atom. The average molecular weight is 195 g/mol. The van der Waals surface area contributed by atoms with Crippen molar-refractivity contribution in [3.8, 4) is 0 Å². The molecular weight excluding hydrogens is 178 g/mol. The number of hydrogen-bond donors (Lipinski definition) is 0. The van der Waals surface area contributed by atoms with E-state index < -0.39 is 0 Å². The van der Waals surface area contributed by atoms with Gasteiger partial charge in [0.25, 0.3) is 0 Å². The van der Waals surface area contributed by atoms with E-state index in [0.29, 0.717) is 19.5 Å². The number of rotatable bonds is 5. The van der Waals surface area contributed by atoms with Crippen LogP contribution in [0, 0.1) is 6.92 Å². The van der Waals surface area contributed by atoms with Crippen molar-refractivity contribution >= 4 is 5.78 Å². The van der Waals surface area contributed by atoms with Gasteiger partial charge in [-0.3, -0.25) is 9.69 Å². The van der Waals surface area contributed by atoms with E-state index in [9.17, 15) is 4.79 Å². The summed E-state index contributed by atoms with van der Waals surface area (Å²) in [7, 11) is 1.92. The molecule has 0 fully saturated rings. The Balaban J connectivity index is 2.41. The molecule has 0 spiro atoms. The fourth-order valence-corrected chi connectivity index (χ4v) is 1.30. The maximum absolute atomic E-state index is 11.1. The third-order valence-electron chi connectivity index (χ3n) is 2.06. The van der Waals surface area contributed by atoms with Crippen LogP contribution in [0.2, 0.25) is 0 Å². The van der Waals surface area contributed by atoms with E-state index in [1.54, 1.807) is 0 Å². The van der Waals surface area contributed by atoms with Gasteiger partial charge in [-0.2, -0.15) is 0 Å². The molecule has 0 bridgehead atoms. The lowest BCUT2D eigenvalue weighted by Crippen LogP contribution is -2.24. The van der Waals surface area contributed by atoms with Crippen molar-refractivity contribution in [1.29, 1.82) is 0 Å². The number of ketones is 1. The molecule has 0 saturated carbocycles. The molecule has 3 nitrogen and oxygen atoms in total. The van der Waals surface area contributed by atoms with Crippen molar-refractivity contribution in [2.75, 3.05) is 13.6 Å². The molecule has 0 unspecified atom stereocenters. The maximum Gasteiger partial charge on any atom is 0.146 e. The third kappa shape index (κ3) is 3.34. The quantitative estimate of drug-likeness (QED) is 0.720. The van der Waals surface area contributed by atoms with Crippen molar-refractivity contribution < 1.29 is 9.21 Å². The Bertz CT molecular complexity index is 304. The molecule has 78 valence electrons. The summed E-state index contributed by atoms with van der Waals surface area (Å²) in [5, 5.41) is 0.